The van der Waals surface area contributed by atoms with Gasteiger partial charge in [-0.15, -0.1) is 0 Å². The summed E-state index contributed by atoms with van der Waals surface area (Å²) in [6.45, 7) is 0. The van der Waals surface area contributed by atoms with Gasteiger partial charge in [-0.3, -0.25) is 9.59 Å². The van der Waals surface area contributed by atoms with E-state index in [0.717, 1.165) is 24.8 Å². The maximum atomic E-state index is 13.2. The predicted octanol–water partition coefficient (Wildman–Crippen LogP) is 2.69. The minimum atomic E-state index is -0.804. The number of hydrogen-bond acceptors (Lipinski definition) is 2. The Morgan fingerprint density at radius 2 is 1.95 bits per heavy atom. The molecular formula is C17H20FNO3. The van der Waals surface area contributed by atoms with Crippen molar-refractivity contribution in [1.29, 1.82) is 0 Å². The summed E-state index contributed by atoms with van der Waals surface area (Å²) in [6.07, 6.45) is 3.46. The Morgan fingerprint density at radius 1 is 1.18 bits per heavy atom. The fraction of sp³-hybridized carbons (Fsp3) is 0.529. The molecule has 1 amide bonds. The average Bonchev–Trinajstić information content (AvgIpc) is 3.26. The molecule has 0 heterocycles. The molecular weight excluding hydrogens is 285 g/mol. The van der Waals surface area contributed by atoms with E-state index in [1.165, 1.54) is 12.1 Å². The number of carboxylic acid groups (broad SMARTS) is 1. The van der Waals surface area contributed by atoms with Crippen molar-refractivity contribution in [3.8, 4) is 0 Å². The molecule has 2 fully saturated rings. The molecule has 4 nitrogen and oxygen atoms in total. The third kappa shape index (κ3) is 3.29. The highest BCUT2D eigenvalue weighted by molar-refractivity contribution is 5.81. The number of nitrogens with one attached hydrogen (secondary N) is 1. The lowest BCUT2D eigenvalue weighted by Gasteiger charge is -2.25. The SMILES string of the molecule is O=C(O)C1CCCC(C(=O)N[C@@H]2C[C@H]2c2cccc(F)c2)C1. The molecule has 1 aromatic rings. The van der Waals surface area contributed by atoms with Gasteiger partial charge in [0.25, 0.3) is 0 Å². The second-order valence-corrected chi connectivity index (χ2v) is 6.41. The monoisotopic (exact) mass is 305 g/mol. The molecule has 2 aliphatic rings. The maximum absolute atomic E-state index is 13.2. The van der Waals surface area contributed by atoms with E-state index in [1.807, 2.05) is 6.07 Å². The van der Waals surface area contributed by atoms with Gasteiger partial charge in [0.1, 0.15) is 5.82 Å². The first-order chi connectivity index (χ1) is 10.5. The highest BCUT2D eigenvalue weighted by Crippen LogP contribution is 2.41. The summed E-state index contributed by atoms with van der Waals surface area (Å²) in [4.78, 5) is 23.3. The standard InChI is InChI=1S/C17H20FNO3/c18-13-6-2-3-10(8-13)14-9-15(14)19-16(20)11-4-1-5-12(7-11)17(21)22/h2-3,6,8,11-12,14-15H,1,4-5,7,9H2,(H,19,20)(H,21,22)/t11?,12?,14-,15+/m0/s1. The minimum Gasteiger partial charge on any atom is -0.481 e. The maximum Gasteiger partial charge on any atom is 0.306 e. The van der Waals surface area contributed by atoms with Crippen LogP contribution in [-0.2, 0) is 9.59 Å². The van der Waals surface area contributed by atoms with Crippen LogP contribution in [0.25, 0.3) is 0 Å². The van der Waals surface area contributed by atoms with Gasteiger partial charge >= 0.3 is 5.97 Å². The van der Waals surface area contributed by atoms with Gasteiger partial charge in [-0.2, -0.15) is 0 Å². The Morgan fingerprint density at radius 3 is 2.68 bits per heavy atom. The number of rotatable bonds is 4. The van der Waals surface area contributed by atoms with Gasteiger partial charge < -0.3 is 10.4 Å². The molecule has 0 aliphatic heterocycles. The number of aliphatic carboxylic acids is 1. The average molecular weight is 305 g/mol. The van der Waals surface area contributed by atoms with Crippen molar-refractivity contribution < 1.29 is 19.1 Å². The van der Waals surface area contributed by atoms with Crippen molar-refractivity contribution in [2.24, 2.45) is 11.8 Å². The molecule has 5 heteroatoms. The zero-order valence-electron chi connectivity index (χ0n) is 12.3. The number of halogens is 1. The summed E-state index contributed by atoms with van der Waals surface area (Å²) in [5.41, 5.74) is 0.914. The van der Waals surface area contributed by atoms with Gasteiger partial charge in [0.15, 0.2) is 0 Å². The van der Waals surface area contributed by atoms with Crippen molar-refractivity contribution in [3.63, 3.8) is 0 Å². The van der Waals surface area contributed by atoms with Crippen LogP contribution >= 0.6 is 0 Å². The fourth-order valence-electron chi connectivity index (χ4n) is 3.41. The lowest BCUT2D eigenvalue weighted by atomic mass is 9.81. The highest BCUT2D eigenvalue weighted by atomic mass is 19.1. The topological polar surface area (TPSA) is 66.4 Å². The van der Waals surface area contributed by atoms with Crippen LogP contribution in [0.1, 0.15) is 43.6 Å². The van der Waals surface area contributed by atoms with Gasteiger partial charge in [0.2, 0.25) is 5.91 Å². The Kier molecular flexibility index (Phi) is 4.14. The van der Waals surface area contributed by atoms with Crippen molar-refractivity contribution in [2.75, 3.05) is 0 Å². The zero-order chi connectivity index (χ0) is 15.7. The molecule has 0 aromatic heterocycles. The first-order valence-electron chi connectivity index (χ1n) is 7.83. The van der Waals surface area contributed by atoms with Crippen LogP contribution in [0.15, 0.2) is 24.3 Å². The van der Waals surface area contributed by atoms with E-state index < -0.39 is 11.9 Å². The summed E-state index contributed by atoms with van der Waals surface area (Å²) in [6, 6.07) is 6.53. The molecule has 3 rings (SSSR count). The number of carboxylic acids is 1. The Balaban J connectivity index is 1.54. The van der Waals surface area contributed by atoms with Gasteiger partial charge in [-0.05, 0) is 43.4 Å². The minimum absolute atomic E-state index is 0.0464. The number of carbonyl (C=O) groups excluding carboxylic acids is 1. The first-order valence-corrected chi connectivity index (χ1v) is 7.83. The lowest BCUT2D eigenvalue weighted by Crippen LogP contribution is -2.36. The van der Waals surface area contributed by atoms with Crippen LogP contribution in [-0.4, -0.2) is 23.0 Å². The van der Waals surface area contributed by atoms with Crippen molar-refractivity contribution in [3.05, 3.63) is 35.6 Å². The largest absolute Gasteiger partial charge is 0.481 e. The molecule has 0 bridgehead atoms. The van der Waals surface area contributed by atoms with Crippen molar-refractivity contribution in [1.82, 2.24) is 5.32 Å². The summed E-state index contributed by atoms with van der Waals surface area (Å²) in [7, 11) is 0. The van der Waals surface area contributed by atoms with E-state index in [-0.39, 0.29) is 29.6 Å². The summed E-state index contributed by atoms with van der Waals surface area (Å²) >= 11 is 0. The third-order valence-electron chi connectivity index (χ3n) is 4.79. The first kappa shape index (κ1) is 15.0. The quantitative estimate of drug-likeness (QED) is 0.899. The van der Waals surface area contributed by atoms with Crippen molar-refractivity contribution >= 4 is 11.9 Å². The molecule has 0 radical (unpaired) electrons. The van der Waals surface area contributed by atoms with Crippen LogP contribution in [0, 0.1) is 17.7 Å². The summed E-state index contributed by atoms with van der Waals surface area (Å²) in [5.74, 6) is -1.53. The van der Waals surface area contributed by atoms with E-state index >= 15 is 0 Å². The number of hydrogen-bond donors (Lipinski definition) is 2. The predicted molar refractivity (Wildman–Crippen MR) is 78.8 cm³/mol. The van der Waals surface area contributed by atoms with Gasteiger partial charge in [0, 0.05) is 17.9 Å². The smallest absolute Gasteiger partial charge is 0.306 e. The van der Waals surface area contributed by atoms with E-state index in [4.69, 9.17) is 5.11 Å². The van der Waals surface area contributed by atoms with Gasteiger partial charge in [-0.25, -0.2) is 4.39 Å². The normalized spacial score (nSPS) is 30.6. The van der Waals surface area contributed by atoms with Crippen molar-refractivity contribution in [2.45, 2.75) is 44.1 Å². The second-order valence-electron chi connectivity index (χ2n) is 6.41. The number of carbonyl (C=O) groups is 2. The highest BCUT2D eigenvalue weighted by Gasteiger charge is 2.41. The van der Waals surface area contributed by atoms with Crippen LogP contribution in [0.5, 0.6) is 0 Å². The van der Waals surface area contributed by atoms with Gasteiger partial charge in [0.05, 0.1) is 5.92 Å². The van der Waals surface area contributed by atoms with E-state index in [2.05, 4.69) is 5.32 Å². The molecule has 2 unspecified atom stereocenters. The molecule has 22 heavy (non-hydrogen) atoms. The van der Waals surface area contributed by atoms with Gasteiger partial charge in [-0.1, -0.05) is 18.6 Å². The second kappa shape index (κ2) is 6.07. The number of benzene rings is 1. The summed E-state index contributed by atoms with van der Waals surface area (Å²) < 4.78 is 13.2. The van der Waals surface area contributed by atoms with Crippen LogP contribution in [0.2, 0.25) is 0 Å². The molecule has 2 saturated carbocycles. The Bertz CT molecular complexity index is 589. The molecule has 0 spiro atoms. The van der Waals surface area contributed by atoms with Crippen LogP contribution in [0.4, 0.5) is 4.39 Å². The zero-order valence-corrected chi connectivity index (χ0v) is 12.3. The molecule has 2 aliphatic carbocycles. The fourth-order valence-corrected chi connectivity index (χ4v) is 3.41. The van der Waals surface area contributed by atoms with E-state index in [1.54, 1.807) is 6.07 Å². The molecule has 4 atom stereocenters. The number of amides is 1. The third-order valence-corrected chi connectivity index (χ3v) is 4.79. The lowest BCUT2D eigenvalue weighted by molar-refractivity contribution is -0.144. The molecule has 0 saturated heterocycles. The molecule has 2 N–H and O–H groups in total. The van der Waals surface area contributed by atoms with E-state index in [9.17, 15) is 14.0 Å². The van der Waals surface area contributed by atoms with E-state index in [0.29, 0.717) is 12.8 Å². The molecule has 1 aromatic carbocycles. The Hall–Kier alpha value is -1.91. The van der Waals surface area contributed by atoms with Crippen LogP contribution in [0.3, 0.4) is 0 Å². The Labute approximate surface area is 128 Å². The van der Waals surface area contributed by atoms with Crippen LogP contribution < -0.4 is 5.32 Å². The summed E-state index contributed by atoms with van der Waals surface area (Å²) in [5, 5.41) is 12.1. The molecule has 118 valence electrons.